The molecule has 0 radical (unpaired) electrons. The molecule has 1 saturated carbocycles. The van der Waals surface area contributed by atoms with Gasteiger partial charge in [-0.15, -0.1) is 11.3 Å². The van der Waals surface area contributed by atoms with Crippen LogP contribution < -0.4 is 5.32 Å². The highest BCUT2D eigenvalue weighted by Gasteiger charge is 2.31. The third-order valence-corrected chi connectivity index (χ3v) is 8.04. The van der Waals surface area contributed by atoms with Crippen molar-refractivity contribution in [3.05, 3.63) is 22.8 Å². The molecule has 1 saturated heterocycles. The van der Waals surface area contributed by atoms with Gasteiger partial charge in [-0.05, 0) is 39.2 Å². The van der Waals surface area contributed by atoms with E-state index >= 15 is 0 Å². The van der Waals surface area contributed by atoms with Crippen LogP contribution in [0.1, 0.15) is 49.5 Å². The van der Waals surface area contributed by atoms with E-state index in [0.717, 1.165) is 27.8 Å². The molecule has 136 valence electrons. The number of anilines is 1. The van der Waals surface area contributed by atoms with E-state index in [0.29, 0.717) is 18.2 Å². The molecule has 5 nitrogen and oxygen atoms in total. The van der Waals surface area contributed by atoms with Crippen LogP contribution in [-0.4, -0.2) is 35.5 Å². The van der Waals surface area contributed by atoms with Crippen molar-refractivity contribution in [3.8, 4) is 11.3 Å². The summed E-state index contributed by atoms with van der Waals surface area (Å²) in [6.45, 7) is 4.14. The van der Waals surface area contributed by atoms with Gasteiger partial charge < -0.3 is 9.88 Å². The molecule has 2 aromatic rings. The maximum Gasteiger partial charge on any atom is 0.183 e. The second-order valence-corrected chi connectivity index (χ2v) is 10.5. The fraction of sp³-hybridized carbons (Fsp3) is 0.611. The fourth-order valence-electron chi connectivity index (χ4n) is 4.29. The first kappa shape index (κ1) is 17.1. The fourth-order valence-corrected chi connectivity index (χ4v) is 6.77. The largest absolute Gasteiger partial charge is 0.359 e. The van der Waals surface area contributed by atoms with Crippen molar-refractivity contribution in [1.29, 1.82) is 0 Å². The molecule has 4 rings (SSSR count). The quantitative estimate of drug-likeness (QED) is 0.874. The van der Waals surface area contributed by atoms with E-state index in [4.69, 9.17) is 4.98 Å². The minimum atomic E-state index is -2.89. The van der Waals surface area contributed by atoms with E-state index in [9.17, 15) is 8.42 Å². The van der Waals surface area contributed by atoms with Gasteiger partial charge in [-0.25, -0.2) is 13.4 Å². The third-order valence-electron chi connectivity index (χ3n) is 5.52. The van der Waals surface area contributed by atoms with Crippen molar-refractivity contribution in [1.82, 2.24) is 9.55 Å². The molecule has 3 heterocycles. The molecule has 0 spiro atoms. The van der Waals surface area contributed by atoms with Crippen LogP contribution in [0.3, 0.4) is 0 Å². The zero-order chi connectivity index (χ0) is 17.6. The van der Waals surface area contributed by atoms with Gasteiger partial charge in [0.1, 0.15) is 0 Å². The molecule has 2 fully saturated rings. The topological polar surface area (TPSA) is 64.0 Å². The van der Waals surface area contributed by atoms with Crippen LogP contribution in [-0.2, 0) is 9.84 Å². The first-order valence-corrected chi connectivity index (χ1v) is 11.7. The lowest BCUT2D eigenvalue weighted by atomic mass is 10.2. The van der Waals surface area contributed by atoms with Gasteiger partial charge in [-0.3, -0.25) is 0 Å². The van der Waals surface area contributed by atoms with Gasteiger partial charge >= 0.3 is 0 Å². The Morgan fingerprint density at radius 1 is 1.24 bits per heavy atom. The van der Waals surface area contributed by atoms with E-state index in [1.165, 1.54) is 25.7 Å². The second kappa shape index (κ2) is 6.43. The number of nitrogens with one attached hydrogen (secondary N) is 1. The number of hydrogen-bond acceptors (Lipinski definition) is 5. The molecule has 0 amide bonds. The minimum absolute atomic E-state index is 0.0634. The Balaban J connectivity index is 1.59. The van der Waals surface area contributed by atoms with Gasteiger partial charge in [-0.1, -0.05) is 12.8 Å². The number of rotatable bonds is 4. The molecule has 25 heavy (non-hydrogen) atoms. The summed E-state index contributed by atoms with van der Waals surface area (Å²) in [4.78, 5) is 4.79. The average Bonchev–Trinajstić information content (AvgIpc) is 3.30. The first-order valence-electron chi connectivity index (χ1n) is 9.04. The molecular formula is C18H25N3O2S2. The number of sulfone groups is 1. The van der Waals surface area contributed by atoms with E-state index in [1.54, 1.807) is 11.3 Å². The molecule has 1 aliphatic carbocycles. The highest BCUT2D eigenvalue weighted by Crippen LogP contribution is 2.35. The van der Waals surface area contributed by atoms with E-state index in [1.807, 2.05) is 0 Å². The van der Waals surface area contributed by atoms with Crippen molar-refractivity contribution in [2.24, 2.45) is 0 Å². The maximum atomic E-state index is 11.8. The van der Waals surface area contributed by atoms with Crippen molar-refractivity contribution in [2.45, 2.75) is 58.0 Å². The molecule has 2 aromatic heterocycles. The lowest BCUT2D eigenvalue weighted by Crippen LogP contribution is -2.14. The lowest BCUT2D eigenvalue weighted by Gasteiger charge is -2.16. The maximum absolute atomic E-state index is 11.8. The summed E-state index contributed by atoms with van der Waals surface area (Å²) in [5.74, 6) is 0.560. The van der Waals surface area contributed by atoms with Crippen molar-refractivity contribution >= 4 is 26.3 Å². The van der Waals surface area contributed by atoms with Gasteiger partial charge in [0.25, 0.3) is 0 Å². The Morgan fingerprint density at radius 2 is 2.00 bits per heavy atom. The van der Waals surface area contributed by atoms with Gasteiger partial charge in [0.2, 0.25) is 0 Å². The van der Waals surface area contributed by atoms with Gasteiger partial charge in [0, 0.05) is 34.4 Å². The molecular weight excluding hydrogens is 354 g/mol. The Labute approximate surface area is 153 Å². The van der Waals surface area contributed by atoms with E-state index in [-0.39, 0.29) is 11.8 Å². The molecule has 0 bridgehead atoms. The second-order valence-electron chi connectivity index (χ2n) is 7.38. The summed E-state index contributed by atoms with van der Waals surface area (Å²) in [6.07, 6.45) is 5.80. The van der Waals surface area contributed by atoms with Gasteiger partial charge in [-0.2, -0.15) is 0 Å². The predicted molar refractivity (Wildman–Crippen MR) is 103 cm³/mol. The zero-order valence-corrected chi connectivity index (χ0v) is 16.4. The average molecular weight is 380 g/mol. The van der Waals surface area contributed by atoms with Crippen molar-refractivity contribution in [3.63, 3.8) is 0 Å². The summed E-state index contributed by atoms with van der Waals surface area (Å²) < 4.78 is 25.9. The lowest BCUT2D eigenvalue weighted by molar-refractivity contribution is 0.536. The summed E-state index contributed by atoms with van der Waals surface area (Å²) in [5, 5.41) is 6.66. The SMILES string of the molecule is Cc1cc(-c2csc(NC3CCCC3)n2)c(C)n1C1CCS(=O)(=O)C1. The predicted octanol–water partition coefficient (Wildman–Crippen LogP) is 3.94. The first-order chi connectivity index (χ1) is 11.9. The zero-order valence-electron chi connectivity index (χ0n) is 14.8. The van der Waals surface area contributed by atoms with Crippen LogP contribution in [0.25, 0.3) is 11.3 Å². The smallest absolute Gasteiger partial charge is 0.183 e. The Morgan fingerprint density at radius 3 is 2.68 bits per heavy atom. The van der Waals surface area contributed by atoms with Crippen LogP contribution in [0.5, 0.6) is 0 Å². The monoisotopic (exact) mass is 379 g/mol. The minimum Gasteiger partial charge on any atom is -0.359 e. The third kappa shape index (κ3) is 3.36. The number of thiazole rings is 1. The van der Waals surface area contributed by atoms with Crippen LogP contribution >= 0.6 is 11.3 Å². The Bertz CT molecular complexity index is 876. The highest BCUT2D eigenvalue weighted by molar-refractivity contribution is 7.91. The number of aryl methyl sites for hydroxylation is 1. The molecule has 1 aliphatic heterocycles. The van der Waals surface area contributed by atoms with E-state index in [2.05, 4.69) is 35.2 Å². The van der Waals surface area contributed by atoms with Gasteiger partial charge in [0.05, 0.1) is 17.2 Å². The molecule has 1 unspecified atom stereocenters. The Kier molecular flexibility index (Phi) is 4.40. The normalized spacial score (nSPS) is 23.4. The molecule has 7 heteroatoms. The van der Waals surface area contributed by atoms with Crippen LogP contribution in [0, 0.1) is 13.8 Å². The number of aromatic nitrogens is 2. The van der Waals surface area contributed by atoms with Gasteiger partial charge in [0.15, 0.2) is 15.0 Å². The van der Waals surface area contributed by atoms with E-state index < -0.39 is 9.84 Å². The standard InChI is InChI=1S/C18H25N3O2S2/c1-12-9-16(13(2)21(12)15-7-8-25(22,23)11-15)17-10-24-18(20-17)19-14-5-3-4-6-14/h9-10,14-15H,3-8,11H2,1-2H3,(H,19,20). The highest BCUT2D eigenvalue weighted by atomic mass is 32.2. The molecule has 2 aliphatic rings. The Hall–Kier alpha value is -1.34. The molecule has 1 N–H and O–H groups in total. The van der Waals surface area contributed by atoms with Crippen molar-refractivity contribution < 1.29 is 8.42 Å². The van der Waals surface area contributed by atoms with Crippen LogP contribution in [0.15, 0.2) is 11.4 Å². The summed E-state index contributed by atoms with van der Waals surface area (Å²) in [7, 11) is -2.89. The number of nitrogens with zero attached hydrogens (tertiary/aromatic N) is 2. The summed E-state index contributed by atoms with van der Waals surface area (Å²) in [6, 6.07) is 2.78. The summed E-state index contributed by atoms with van der Waals surface area (Å²) in [5.41, 5.74) is 4.36. The van der Waals surface area contributed by atoms with Crippen molar-refractivity contribution in [2.75, 3.05) is 16.8 Å². The molecule has 1 atom stereocenters. The number of hydrogen-bond donors (Lipinski definition) is 1. The summed E-state index contributed by atoms with van der Waals surface area (Å²) >= 11 is 1.66. The van der Waals surface area contributed by atoms with Crippen LogP contribution in [0.4, 0.5) is 5.13 Å². The van der Waals surface area contributed by atoms with Crippen LogP contribution in [0.2, 0.25) is 0 Å². The molecule has 0 aromatic carbocycles.